The van der Waals surface area contributed by atoms with Crippen LogP contribution < -0.4 is 9.47 Å². The molecule has 1 aromatic carbocycles. The van der Waals surface area contributed by atoms with Crippen LogP contribution in [-0.4, -0.2) is 43.7 Å². The Kier molecular flexibility index (Phi) is 3.50. The highest BCUT2D eigenvalue weighted by atomic mass is 32.2. The van der Waals surface area contributed by atoms with Gasteiger partial charge in [0.05, 0.1) is 5.92 Å². The third kappa shape index (κ3) is 2.44. The zero-order valence-corrected chi connectivity index (χ0v) is 12.0. The molecule has 1 fully saturated rings. The first-order chi connectivity index (χ1) is 10.00. The molecule has 2 heterocycles. The molecule has 1 N–H and O–H groups in total. The number of para-hydroxylation sites is 1. The molecule has 0 amide bonds. The van der Waals surface area contributed by atoms with Crippen LogP contribution in [0.15, 0.2) is 23.1 Å². The molecule has 1 saturated heterocycles. The minimum Gasteiger partial charge on any atom is -0.481 e. The molecule has 114 valence electrons. The fourth-order valence-corrected chi connectivity index (χ4v) is 4.20. The molecule has 0 aliphatic carbocycles. The Bertz CT molecular complexity index is 663. The van der Waals surface area contributed by atoms with Crippen molar-refractivity contribution in [2.24, 2.45) is 5.92 Å². The predicted molar refractivity (Wildman–Crippen MR) is 71.7 cm³/mol. The van der Waals surface area contributed by atoms with Crippen LogP contribution in [0.2, 0.25) is 0 Å². The highest BCUT2D eigenvalue weighted by Crippen LogP contribution is 2.39. The first kappa shape index (κ1) is 14.2. The van der Waals surface area contributed by atoms with Gasteiger partial charge in [-0.15, -0.1) is 0 Å². The number of fused-ring (bicyclic) bond motifs is 1. The van der Waals surface area contributed by atoms with Crippen molar-refractivity contribution in [1.29, 1.82) is 0 Å². The van der Waals surface area contributed by atoms with Crippen LogP contribution in [0, 0.1) is 5.92 Å². The van der Waals surface area contributed by atoms with Crippen LogP contribution >= 0.6 is 0 Å². The summed E-state index contributed by atoms with van der Waals surface area (Å²) in [5.41, 5.74) is 0. The smallest absolute Gasteiger partial charge is 0.306 e. The van der Waals surface area contributed by atoms with Gasteiger partial charge < -0.3 is 14.6 Å². The van der Waals surface area contributed by atoms with E-state index in [-0.39, 0.29) is 30.5 Å². The van der Waals surface area contributed by atoms with Gasteiger partial charge in [0.25, 0.3) is 0 Å². The van der Waals surface area contributed by atoms with Crippen molar-refractivity contribution in [3.63, 3.8) is 0 Å². The Balaban J connectivity index is 1.86. The van der Waals surface area contributed by atoms with Gasteiger partial charge in [-0.2, -0.15) is 4.31 Å². The van der Waals surface area contributed by atoms with E-state index in [1.54, 1.807) is 12.1 Å². The average Bonchev–Trinajstić information content (AvgIpc) is 2.95. The number of nitrogens with zero attached hydrogens (tertiary/aromatic N) is 1. The zero-order chi connectivity index (χ0) is 15.0. The molecule has 0 bridgehead atoms. The largest absolute Gasteiger partial charge is 0.481 e. The fraction of sp³-hybridized carbons (Fsp3) is 0.462. The van der Waals surface area contributed by atoms with Crippen LogP contribution in [0.1, 0.15) is 12.8 Å². The second-order valence-corrected chi connectivity index (χ2v) is 6.91. The van der Waals surface area contributed by atoms with Gasteiger partial charge >= 0.3 is 5.97 Å². The molecule has 0 spiro atoms. The Hall–Kier alpha value is -1.80. The van der Waals surface area contributed by atoms with Crippen molar-refractivity contribution in [2.75, 3.05) is 19.9 Å². The van der Waals surface area contributed by atoms with E-state index in [1.807, 2.05) is 0 Å². The maximum atomic E-state index is 12.7. The van der Waals surface area contributed by atoms with Crippen molar-refractivity contribution in [1.82, 2.24) is 4.31 Å². The number of hydrogen-bond donors (Lipinski definition) is 1. The molecule has 2 aliphatic heterocycles. The summed E-state index contributed by atoms with van der Waals surface area (Å²) in [6.07, 6.45) is 0.641. The van der Waals surface area contributed by atoms with Crippen LogP contribution in [0.4, 0.5) is 0 Å². The molecule has 1 aromatic rings. The first-order valence-electron chi connectivity index (χ1n) is 6.62. The number of carboxylic acid groups (broad SMARTS) is 1. The summed E-state index contributed by atoms with van der Waals surface area (Å²) in [4.78, 5) is 11.0. The highest BCUT2D eigenvalue weighted by molar-refractivity contribution is 7.89. The minimum atomic E-state index is -3.70. The maximum absolute atomic E-state index is 12.7. The number of piperidine rings is 1. The molecule has 7 nitrogen and oxygen atoms in total. The lowest BCUT2D eigenvalue weighted by atomic mass is 9.99. The molecule has 3 rings (SSSR count). The summed E-state index contributed by atoms with van der Waals surface area (Å²) in [6, 6.07) is 4.73. The van der Waals surface area contributed by atoms with E-state index < -0.39 is 21.9 Å². The van der Waals surface area contributed by atoms with E-state index >= 15 is 0 Å². The van der Waals surface area contributed by atoms with Crippen molar-refractivity contribution in [3.8, 4) is 11.5 Å². The van der Waals surface area contributed by atoms with Crippen LogP contribution in [0.25, 0.3) is 0 Å². The Morgan fingerprint density at radius 3 is 2.62 bits per heavy atom. The van der Waals surface area contributed by atoms with Crippen LogP contribution in [0.5, 0.6) is 11.5 Å². The number of rotatable bonds is 3. The molecule has 0 aromatic heterocycles. The number of aliphatic carboxylic acids is 1. The maximum Gasteiger partial charge on any atom is 0.306 e. The third-order valence-corrected chi connectivity index (χ3v) is 5.70. The van der Waals surface area contributed by atoms with Gasteiger partial charge in [-0.3, -0.25) is 4.79 Å². The van der Waals surface area contributed by atoms with Crippen LogP contribution in [0.3, 0.4) is 0 Å². The van der Waals surface area contributed by atoms with Crippen LogP contribution in [-0.2, 0) is 14.8 Å². The van der Waals surface area contributed by atoms with E-state index in [0.717, 1.165) is 0 Å². The van der Waals surface area contributed by atoms with Crippen molar-refractivity contribution < 1.29 is 27.8 Å². The number of sulfonamides is 1. The lowest BCUT2D eigenvalue weighted by Gasteiger charge is -2.29. The monoisotopic (exact) mass is 313 g/mol. The lowest BCUT2D eigenvalue weighted by Crippen LogP contribution is -2.40. The lowest BCUT2D eigenvalue weighted by molar-refractivity contribution is -0.142. The van der Waals surface area contributed by atoms with E-state index in [2.05, 4.69) is 0 Å². The number of carboxylic acids is 1. The highest BCUT2D eigenvalue weighted by Gasteiger charge is 2.35. The molecule has 2 aliphatic rings. The van der Waals surface area contributed by atoms with Crippen molar-refractivity contribution in [2.45, 2.75) is 17.7 Å². The Morgan fingerprint density at radius 2 is 1.95 bits per heavy atom. The second-order valence-electron chi connectivity index (χ2n) is 5.01. The van der Waals surface area contributed by atoms with E-state index in [4.69, 9.17) is 14.6 Å². The van der Waals surface area contributed by atoms with Gasteiger partial charge in [0.2, 0.25) is 16.8 Å². The Labute approximate surface area is 122 Å². The zero-order valence-electron chi connectivity index (χ0n) is 11.2. The SMILES string of the molecule is O=C(O)C1CCN(S(=O)(=O)c2cccc3c2OCO3)CC1. The molecule has 0 saturated carbocycles. The normalized spacial score (nSPS) is 19.6. The number of benzene rings is 1. The summed E-state index contributed by atoms with van der Waals surface area (Å²) in [5, 5.41) is 8.97. The second kappa shape index (κ2) is 5.19. The van der Waals surface area contributed by atoms with Gasteiger partial charge in [0, 0.05) is 13.1 Å². The summed E-state index contributed by atoms with van der Waals surface area (Å²) >= 11 is 0. The molecule has 0 radical (unpaired) electrons. The number of ether oxygens (including phenoxy) is 2. The first-order valence-corrected chi connectivity index (χ1v) is 8.06. The standard InChI is InChI=1S/C13H15NO6S/c15-13(16)9-4-6-14(7-5-9)21(17,18)11-3-1-2-10-12(11)20-8-19-10/h1-3,9H,4-8H2,(H,15,16). The van der Waals surface area contributed by atoms with Gasteiger partial charge in [-0.25, -0.2) is 8.42 Å². The summed E-state index contributed by atoms with van der Waals surface area (Å²) in [6.45, 7) is 0.399. The van der Waals surface area contributed by atoms with E-state index in [1.165, 1.54) is 10.4 Å². The molecule has 0 unspecified atom stereocenters. The van der Waals surface area contributed by atoms with Gasteiger partial charge in [0.15, 0.2) is 11.5 Å². The fourth-order valence-electron chi connectivity index (χ4n) is 2.59. The van der Waals surface area contributed by atoms with Crippen molar-refractivity contribution in [3.05, 3.63) is 18.2 Å². The summed E-state index contributed by atoms with van der Waals surface area (Å²) < 4.78 is 37.1. The molecular weight excluding hydrogens is 298 g/mol. The quantitative estimate of drug-likeness (QED) is 0.891. The number of hydrogen-bond acceptors (Lipinski definition) is 5. The topological polar surface area (TPSA) is 93.1 Å². The van der Waals surface area contributed by atoms with Gasteiger partial charge in [-0.05, 0) is 25.0 Å². The molecule has 21 heavy (non-hydrogen) atoms. The van der Waals surface area contributed by atoms with Crippen molar-refractivity contribution >= 4 is 16.0 Å². The average molecular weight is 313 g/mol. The summed E-state index contributed by atoms with van der Waals surface area (Å²) in [5.74, 6) is -0.698. The summed E-state index contributed by atoms with van der Waals surface area (Å²) in [7, 11) is -3.70. The minimum absolute atomic E-state index is 0.00293. The van der Waals surface area contributed by atoms with E-state index in [0.29, 0.717) is 18.6 Å². The van der Waals surface area contributed by atoms with Gasteiger partial charge in [-0.1, -0.05) is 6.07 Å². The third-order valence-electron chi connectivity index (χ3n) is 3.78. The Morgan fingerprint density at radius 1 is 1.24 bits per heavy atom. The molecule has 0 atom stereocenters. The predicted octanol–water partition coefficient (Wildman–Crippen LogP) is 0.901. The molecular formula is C13H15NO6S. The molecule has 8 heteroatoms. The van der Waals surface area contributed by atoms with Gasteiger partial charge in [0.1, 0.15) is 4.90 Å². The van der Waals surface area contributed by atoms with E-state index in [9.17, 15) is 13.2 Å². The number of carbonyl (C=O) groups is 1.